The molecule has 1 aliphatic heterocycles. The average molecular weight is 204 g/mol. The first-order valence-electron chi connectivity index (χ1n) is 4.83. The Morgan fingerprint density at radius 3 is 2.60 bits per heavy atom. The highest BCUT2D eigenvalue weighted by atomic mass is 16.5. The third kappa shape index (κ3) is 2.01. The van der Waals surface area contributed by atoms with E-state index < -0.39 is 0 Å². The fraction of sp³-hybridized carbons (Fsp3) is 0.250. The Labute approximate surface area is 88.3 Å². The largest absolute Gasteiger partial charge is 0.497 e. The lowest BCUT2D eigenvalue weighted by Gasteiger charge is -2.13. The lowest BCUT2D eigenvalue weighted by atomic mass is 10.0. The number of cyclic esters (lactones) is 1. The maximum absolute atomic E-state index is 11.4. The van der Waals surface area contributed by atoms with Crippen molar-refractivity contribution in [3.8, 4) is 5.75 Å². The number of ether oxygens (including phenoxy) is 2. The molecule has 3 nitrogen and oxygen atoms in total. The minimum atomic E-state index is -0.244. The second-order valence-electron chi connectivity index (χ2n) is 3.27. The summed E-state index contributed by atoms with van der Waals surface area (Å²) in [5, 5.41) is 0. The van der Waals surface area contributed by atoms with Gasteiger partial charge in [-0.2, -0.15) is 0 Å². The maximum Gasteiger partial charge on any atom is 0.338 e. The van der Waals surface area contributed by atoms with Crippen LogP contribution in [0, 0.1) is 0 Å². The summed E-state index contributed by atoms with van der Waals surface area (Å²) >= 11 is 0. The van der Waals surface area contributed by atoms with Gasteiger partial charge in [-0.3, -0.25) is 0 Å². The summed E-state index contributed by atoms with van der Waals surface area (Å²) < 4.78 is 10.0. The number of hydrogen-bond acceptors (Lipinski definition) is 3. The molecule has 1 aliphatic rings. The van der Waals surface area contributed by atoms with Crippen molar-refractivity contribution in [2.75, 3.05) is 13.7 Å². The topological polar surface area (TPSA) is 35.5 Å². The fourth-order valence-corrected chi connectivity index (χ4v) is 1.52. The van der Waals surface area contributed by atoms with Gasteiger partial charge in [-0.25, -0.2) is 4.79 Å². The maximum atomic E-state index is 11.4. The number of carbonyl (C=O) groups is 1. The monoisotopic (exact) mass is 204 g/mol. The standard InChI is InChI=1S/C12H12O3/c1-14-10-6-4-9(5-7-10)11-3-2-8-15-12(11)13/h3-7H,2,8H2,1H3. The van der Waals surface area contributed by atoms with Crippen LogP contribution >= 0.6 is 0 Å². The second kappa shape index (κ2) is 4.17. The Balaban J connectivity index is 2.28. The van der Waals surface area contributed by atoms with Gasteiger partial charge in [0.1, 0.15) is 5.75 Å². The van der Waals surface area contributed by atoms with Gasteiger partial charge in [0.25, 0.3) is 0 Å². The van der Waals surface area contributed by atoms with Gasteiger partial charge in [0, 0.05) is 6.42 Å². The first kappa shape index (κ1) is 9.77. The van der Waals surface area contributed by atoms with Crippen molar-refractivity contribution < 1.29 is 14.3 Å². The Kier molecular flexibility index (Phi) is 2.72. The minimum Gasteiger partial charge on any atom is -0.497 e. The number of esters is 1. The summed E-state index contributed by atoms with van der Waals surface area (Å²) in [4.78, 5) is 11.4. The molecule has 0 N–H and O–H groups in total. The van der Waals surface area contributed by atoms with Gasteiger partial charge < -0.3 is 9.47 Å². The van der Waals surface area contributed by atoms with Crippen molar-refractivity contribution in [1.29, 1.82) is 0 Å². The highest BCUT2D eigenvalue weighted by molar-refractivity contribution is 6.16. The molecule has 78 valence electrons. The summed E-state index contributed by atoms with van der Waals surface area (Å²) in [6.07, 6.45) is 2.70. The third-order valence-corrected chi connectivity index (χ3v) is 2.32. The first-order chi connectivity index (χ1) is 7.31. The highest BCUT2D eigenvalue weighted by Gasteiger charge is 2.16. The van der Waals surface area contributed by atoms with Crippen LogP contribution in [0.1, 0.15) is 12.0 Å². The van der Waals surface area contributed by atoms with E-state index in [9.17, 15) is 4.79 Å². The van der Waals surface area contributed by atoms with Gasteiger partial charge in [0.15, 0.2) is 0 Å². The van der Waals surface area contributed by atoms with Crippen molar-refractivity contribution in [2.45, 2.75) is 6.42 Å². The molecule has 0 amide bonds. The molecule has 0 unspecified atom stereocenters. The molecule has 1 aromatic rings. The summed E-state index contributed by atoms with van der Waals surface area (Å²) in [6, 6.07) is 7.38. The minimum absolute atomic E-state index is 0.244. The molecule has 0 fully saturated rings. The quantitative estimate of drug-likeness (QED) is 0.691. The molecular weight excluding hydrogens is 192 g/mol. The van der Waals surface area contributed by atoms with Crippen molar-refractivity contribution in [1.82, 2.24) is 0 Å². The number of rotatable bonds is 2. The van der Waals surface area contributed by atoms with E-state index in [2.05, 4.69) is 0 Å². The number of hydrogen-bond donors (Lipinski definition) is 0. The van der Waals surface area contributed by atoms with Crippen LogP contribution in [-0.4, -0.2) is 19.7 Å². The number of benzene rings is 1. The van der Waals surface area contributed by atoms with E-state index >= 15 is 0 Å². The van der Waals surface area contributed by atoms with Crippen molar-refractivity contribution in [3.05, 3.63) is 35.9 Å². The summed E-state index contributed by atoms with van der Waals surface area (Å²) in [6.45, 7) is 0.485. The van der Waals surface area contributed by atoms with Crippen LogP contribution in [0.25, 0.3) is 5.57 Å². The zero-order chi connectivity index (χ0) is 10.7. The average Bonchev–Trinajstić information content (AvgIpc) is 2.30. The second-order valence-corrected chi connectivity index (χ2v) is 3.27. The zero-order valence-electron chi connectivity index (χ0n) is 8.53. The van der Waals surface area contributed by atoms with E-state index in [4.69, 9.17) is 9.47 Å². The summed E-state index contributed by atoms with van der Waals surface area (Å²) in [5.74, 6) is 0.537. The molecule has 1 aromatic carbocycles. The molecule has 0 spiro atoms. The molecule has 0 radical (unpaired) electrons. The van der Waals surface area contributed by atoms with E-state index in [0.717, 1.165) is 17.7 Å². The molecule has 0 atom stereocenters. The molecule has 0 aliphatic carbocycles. The molecule has 0 saturated carbocycles. The lowest BCUT2D eigenvalue weighted by molar-refractivity contribution is -0.137. The molecule has 1 heterocycles. The van der Waals surface area contributed by atoms with E-state index in [-0.39, 0.29) is 5.97 Å². The van der Waals surface area contributed by atoms with Crippen LogP contribution in [0.5, 0.6) is 5.75 Å². The molecule has 15 heavy (non-hydrogen) atoms. The van der Waals surface area contributed by atoms with Crippen LogP contribution in [0.15, 0.2) is 30.3 Å². The Morgan fingerprint density at radius 2 is 2.00 bits per heavy atom. The van der Waals surface area contributed by atoms with E-state index in [0.29, 0.717) is 12.2 Å². The van der Waals surface area contributed by atoms with E-state index in [1.54, 1.807) is 7.11 Å². The Hall–Kier alpha value is -1.77. The fourth-order valence-electron chi connectivity index (χ4n) is 1.52. The van der Waals surface area contributed by atoms with E-state index in [1.807, 2.05) is 30.3 Å². The highest BCUT2D eigenvalue weighted by Crippen LogP contribution is 2.22. The van der Waals surface area contributed by atoms with Gasteiger partial charge in [-0.1, -0.05) is 18.2 Å². The van der Waals surface area contributed by atoms with Crippen molar-refractivity contribution in [2.24, 2.45) is 0 Å². The van der Waals surface area contributed by atoms with Crippen LogP contribution in [0.3, 0.4) is 0 Å². The third-order valence-electron chi connectivity index (χ3n) is 2.32. The smallest absolute Gasteiger partial charge is 0.338 e. The van der Waals surface area contributed by atoms with E-state index in [1.165, 1.54) is 0 Å². The van der Waals surface area contributed by atoms with Crippen molar-refractivity contribution >= 4 is 11.5 Å². The van der Waals surface area contributed by atoms with Crippen molar-refractivity contribution in [3.63, 3.8) is 0 Å². The van der Waals surface area contributed by atoms with Crippen LogP contribution < -0.4 is 4.74 Å². The number of methoxy groups -OCH3 is 1. The predicted octanol–water partition coefficient (Wildman–Crippen LogP) is 2.03. The molecule has 0 aromatic heterocycles. The predicted molar refractivity (Wildman–Crippen MR) is 56.5 cm³/mol. The van der Waals surface area contributed by atoms with Gasteiger partial charge in [0.05, 0.1) is 19.3 Å². The first-order valence-corrected chi connectivity index (χ1v) is 4.83. The van der Waals surface area contributed by atoms with Crippen LogP contribution in [0.4, 0.5) is 0 Å². The molecular formula is C12H12O3. The van der Waals surface area contributed by atoms with Gasteiger partial charge in [0.2, 0.25) is 0 Å². The summed E-state index contributed by atoms with van der Waals surface area (Å²) in [5.41, 5.74) is 1.52. The molecule has 3 heteroatoms. The molecule has 0 saturated heterocycles. The Bertz CT molecular complexity index is 390. The lowest BCUT2D eigenvalue weighted by Crippen LogP contribution is -2.12. The van der Waals surface area contributed by atoms with Crippen LogP contribution in [0.2, 0.25) is 0 Å². The molecule has 0 bridgehead atoms. The normalized spacial score (nSPS) is 15.5. The summed E-state index contributed by atoms with van der Waals surface area (Å²) in [7, 11) is 1.61. The van der Waals surface area contributed by atoms with Gasteiger partial charge in [-0.15, -0.1) is 0 Å². The SMILES string of the molecule is COc1ccc(C2=CCCOC2=O)cc1. The van der Waals surface area contributed by atoms with Gasteiger partial charge in [-0.05, 0) is 17.7 Å². The Morgan fingerprint density at radius 1 is 1.27 bits per heavy atom. The zero-order valence-corrected chi connectivity index (χ0v) is 8.53. The van der Waals surface area contributed by atoms with Crippen LogP contribution in [-0.2, 0) is 9.53 Å². The number of carbonyl (C=O) groups excluding carboxylic acids is 1. The van der Waals surface area contributed by atoms with Gasteiger partial charge >= 0.3 is 5.97 Å². The molecule has 2 rings (SSSR count).